The van der Waals surface area contributed by atoms with Gasteiger partial charge in [0, 0.05) is 17.1 Å². The standard InChI is InChI=1S/C26H41N3O5/c1-7-26(5,6)29(21(31)17-27-24(33)34-25(2,3)4)22(19-15-11-12-16-20(19)30)23(32)28-18-13-9-8-10-14-18/h11-12,15-16,18,22,30H,7-10,13-14,17H2,1-6H3,(H,27,33)(H,28,32). The van der Waals surface area contributed by atoms with E-state index in [0.29, 0.717) is 12.0 Å². The third-order valence-corrected chi connectivity index (χ3v) is 6.26. The number of rotatable bonds is 8. The Morgan fingerprint density at radius 3 is 2.26 bits per heavy atom. The molecule has 0 aromatic heterocycles. The van der Waals surface area contributed by atoms with Crippen LogP contribution in [0.25, 0.3) is 0 Å². The second-order valence-corrected chi connectivity index (χ2v) is 10.6. The second-order valence-electron chi connectivity index (χ2n) is 10.6. The molecule has 0 bridgehead atoms. The monoisotopic (exact) mass is 475 g/mol. The zero-order valence-corrected chi connectivity index (χ0v) is 21.4. The van der Waals surface area contributed by atoms with E-state index >= 15 is 0 Å². The number of para-hydroxylation sites is 1. The van der Waals surface area contributed by atoms with Gasteiger partial charge in [-0.1, -0.05) is 44.4 Å². The minimum atomic E-state index is -1.05. The molecule has 1 saturated carbocycles. The molecule has 0 aliphatic heterocycles. The molecule has 0 spiro atoms. The van der Waals surface area contributed by atoms with Crippen molar-refractivity contribution in [1.82, 2.24) is 15.5 Å². The molecule has 1 aliphatic rings. The summed E-state index contributed by atoms with van der Waals surface area (Å²) in [6.07, 6.45) is 4.89. The molecule has 34 heavy (non-hydrogen) atoms. The lowest BCUT2D eigenvalue weighted by molar-refractivity contribution is -0.147. The van der Waals surface area contributed by atoms with Crippen LogP contribution in [0.5, 0.6) is 5.75 Å². The number of carbonyl (C=O) groups excluding carboxylic acids is 3. The summed E-state index contributed by atoms with van der Waals surface area (Å²) in [5, 5.41) is 16.3. The Morgan fingerprint density at radius 1 is 1.09 bits per heavy atom. The fourth-order valence-corrected chi connectivity index (χ4v) is 4.19. The first-order valence-corrected chi connectivity index (χ1v) is 12.2. The number of hydrogen-bond acceptors (Lipinski definition) is 5. The van der Waals surface area contributed by atoms with E-state index in [0.717, 1.165) is 32.1 Å². The third-order valence-electron chi connectivity index (χ3n) is 6.26. The van der Waals surface area contributed by atoms with E-state index in [2.05, 4.69) is 10.6 Å². The number of nitrogens with zero attached hydrogens (tertiary/aromatic N) is 1. The minimum Gasteiger partial charge on any atom is -0.508 e. The lowest BCUT2D eigenvalue weighted by Gasteiger charge is -2.43. The lowest BCUT2D eigenvalue weighted by atomic mass is 9.91. The van der Waals surface area contributed by atoms with E-state index < -0.39 is 29.2 Å². The van der Waals surface area contributed by atoms with E-state index in [1.807, 2.05) is 20.8 Å². The normalized spacial score (nSPS) is 15.8. The molecule has 2 rings (SSSR count). The number of phenols is 1. The Kier molecular flexibility index (Phi) is 9.36. The van der Waals surface area contributed by atoms with Crippen molar-refractivity contribution in [2.45, 2.75) is 103 Å². The average Bonchev–Trinajstić information content (AvgIpc) is 2.75. The number of amides is 3. The molecule has 8 heteroatoms. The van der Waals surface area contributed by atoms with E-state index in [-0.39, 0.29) is 24.2 Å². The molecule has 190 valence electrons. The first kappa shape index (κ1) is 27.5. The Morgan fingerprint density at radius 2 is 1.71 bits per heavy atom. The zero-order chi connectivity index (χ0) is 25.5. The predicted octanol–water partition coefficient (Wildman–Crippen LogP) is 4.42. The molecule has 1 unspecified atom stereocenters. The van der Waals surface area contributed by atoms with Gasteiger partial charge >= 0.3 is 6.09 Å². The van der Waals surface area contributed by atoms with Gasteiger partial charge in [0.1, 0.15) is 23.9 Å². The van der Waals surface area contributed by atoms with Crippen molar-refractivity contribution in [2.75, 3.05) is 6.54 Å². The molecule has 1 fully saturated rings. The van der Waals surface area contributed by atoms with Gasteiger partial charge in [0.2, 0.25) is 11.8 Å². The highest BCUT2D eigenvalue weighted by Gasteiger charge is 2.41. The molecule has 0 radical (unpaired) electrons. The highest BCUT2D eigenvalue weighted by Crippen LogP contribution is 2.35. The topological polar surface area (TPSA) is 108 Å². The Labute approximate surface area is 203 Å². The Hall–Kier alpha value is -2.77. The van der Waals surface area contributed by atoms with E-state index in [1.54, 1.807) is 39.0 Å². The van der Waals surface area contributed by atoms with Crippen molar-refractivity contribution in [2.24, 2.45) is 0 Å². The summed E-state index contributed by atoms with van der Waals surface area (Å²) < 4.78 is 5.25. The van der Waals surface area contributed by atoms with E-state index in [9.17, 15) is 19.5 Å². The Balaban J connectivity index is 2.39. The summed E-state index contributed by atoms with van der Waals surface area (Å²) in [6, 6.07) is 5.57. The molecular formula is C26H41N3O5. The van der Waals surface area contributed by atoms with Crippen LogP contribution in [0.3, 0.4) is 0 Å². The first-order valence-electron chi connectivity index (χ1n) is 12.2. The molecule has 0 saturated heterocycles. The van der Waals surface area contributed by atoms with Gasteiger partial charge in [-0.3, -0.25) is 9.59 Å². The van der Waals surface area contributed by atoms with Crippen molar-refractivity contribution < 1.29 is 24.2 Å². The number of phenolic OH excluding ortho intramolecular Hbond substituents is 1. The maximum atomic E-state index is 13.7. The third kappa shape index (κ3) is 7.64. The highest BCUT2D eigenvalue weighted by atomic mass is 16.6. The van der Waals surface area contributed by atoms with Crippen molar-refractivity contribution >= 4 is 17.9 Å². The summed E-state index contributed by atoms with van der Waals surface area (Å²) in [5.41, 5.74) is -1.08. The van der Waals surface area contributed by atoms with E-state index in [1.165, 1.54) is 11.0 Å². The highest BCUT2D eigenvalue weighted by molar-refractivity contribution is 5.91. The summed E-state index contributed by atoms with van der Waals surface area (Å²) in [4.78, 5) is 40.9. The zero-order valence-electron chi connectivity index (χ0n) is 21.4. The van der Waals surface area contributed by atoms with Crippen molar-refractivity contribution in [3.8, 4) is 5.75 Å². The van der Waals surface area contributed by atoms with Crippen LogP contribution in [0, 0.1) is 0 Å². The van der Waals surface area contributed by atoms with E-state index in [4.69, 9.17) is 4.74 Å². The van der Waals surface area contributed by atoms with Crippen LogP contribution in [0.4, 0.5) is 4.79 Å². The van der Waals surface area contributed by atoms with Crippen LogP contribution in [0.15, 0.2) is 24.3 Å². The van der Waals surface area contributed by atoms with Crippen LogP contribution in [-0.4, -0.2) is 51.6 Å². The molecule has 3 N–H and O–H groups in total. The van der Waals surface area contributed by atoms with Gasteiger partial charge in [-0.05, 0) is 59.9 Å². The largest absolute Gasteiger partial charge is 0.508 e. The summed E-state index contributed by atoms with van der Waals surface area (Å²) in [5.74, 6) is -0.832. The number of aromatic hydroxyl groups is 1. The van der Waals surface area contributed by atoms with Gasteiger partial charge in [0.25, 0.3) is 0 Å². The molecule has 1 aliphatic carbocycles. The molecule has 1 aromatic carbocycles. The number of nitrogens with one attached hydrogen (secondary N) is 2. The van der Waals surface area contributed by atoms with Gasteiger partial charge in [-0.2, -0.15) is 0 Å². The molecule has 0 heterocycles. The molecule has 3 amide bonds. The van der Waals surface area contributed by atoms with Crippen LogP contribution >= 0.6 is 0 Å². The van der Waals surface area contributed by atoms with Gasteiger partial charge < -0.3 is 25.4 Å². The molecular weight excluding hydrogens is 434 g/mol. The SMILES string of the molecule is CCC(C)(C)N(C(=O)CNC(=O)OC(C)(C)C)C(C(=O)NC1CCCCC1)c1ccccc1O. The second kappa shape index (κ2) is 11.6. The summed E-state index contributed by atoms with van der Waals surface area (Å²) in [7, 11) is 0. The first-order chi connectivity index (χ1) is 15.9. The van der Waals surface area contributed by atoms with Crippen LogP contribution < -0.4 is 10.6 Å². The molecule has 1 atom stereocenters. The number of hydrogen-bond donors (Lipinski definition) is 3. The lowest BCUT2D eigenvalue weighted by Crippen LogP contribution is -2.57. The van der Waals surface area contributed by atoms with Gasteiger partial charge in [0.15, 0.2) is 0 Å². The number of ether oxygens (including phenoxy) is 1. The smallest absolute Gasteiger partial charge is 0.408 e. The number of alkyl carbamates (subject to hydrolysis) is 1. The maximum absolute atomic E-state index is 13.7. The number of benzene rings is 1. The van der Waals surface area contributed by atoms with Crippen molar-refractivity contribution in [1.29, 1.82) is 0 Å². The van der Waals surface area contributed by atoms with Gasteiger partial charge in [-0.25, -0.2) is 4.79 Å². The average molecular weight is 476 g/mol. The fraction of sp³-hybridized carbons (Fsp3) is 0.654. The summed E-state index contributed by atoms with van der Waals surface area (Å²) >= 11 is 0. The molecule has 8 nitrogen and oxygen atoms in total. The molecule has 1 aromatic rings. The van der Waals surface area contributed by atoms with Crippen LogP contribution in [0.1, 0.15) is 91.7 Å². The van der Waals surface area contributed by atoms with Crippen molar-refractivity contribution in [3.05, 3.63) is 29.8 Å². The minimum absolute atomic E-state index is 0.0381. The fourth-order valence-electron chi connectivity index (χ4n) is 4.19. The van der Waals surface area contributed by atoms with Crippen LogP contribution in [-0.2, 0) is 14.3 Å². The van der Waals surface area contributed by atoms with Gasteiger partial charge in [-0.15, -0.1) is 0 Å². The Bertz CT molecular complexity index is 856. The van der Waals surface area contributed by atoms with Crippen molar-refractivity contribution in [3.63, 3.8) is 0 Å². The van der Waals surface area contributed by atoms with Gasteiger partial charge in [0.05, 0.1) is 0 Å². The quantitative estimate of drug-likeness (QED) is 0.516. The van der Waals surface area contributed by atoms with Crippen LogP contribution in [0.2, 0.25) is 0 Å². The predicted molar refractivity (Wildman–Crippen MR) is 131 cm³/mol. The number of carbonyl (C=O) groups is 3. The summed E-state index contributed by atoms with van der Waals surface area (Å²) in [6.45, 7) is 10.6. The maximum Gasteiger partial charge on any atom is 0.408 e.